The van der Waals surface area contributed by atoms with Crippen molar-refractivity contribution < 1.29 is 9.47 Å². The van der Waals surface area contributed by atoms with E-state index in [4.69, 9.17) is 9.47 Å². The summed E-state index contributed by atoms with van der Waals surface area (Å²) in [6.45, 7) is 6.43. The van der Waals surface area contributed by atoms with E-state index < -0.39 is 0 Å². The molecule has 0 bridgehead atoms. The summed E-state index contributed by atoms with van der Waals surface area (Å²) >= 11 is 0. The second-order valence-corrected chi connectivity index (χ2v) is 5.92. The zero-order chi connectivity index (χ0) is 16.0. The first-order chi connectivity index (χ1) is 10.8. The van der Waals surface area contributed by atoms with Crippen molar-refractivity contribution >= 4 is 29.9 Å². The number of guanidine groups is 1. The fraction of sp³-hybridized carbons (Fsp3) is 0.938. The molecule has 23 heavy (non-hydrogen) atoms. The minimum atomic E-state index is 0. The van der Waals surface area contributed by atoms with Gasteiger partial charge in [0.05, 0.1) is 13.2 Å². The lowest BCUT2D eigenvalue weighted by atomic mass is 9.94. The number of ether oxygens (including phenoxy) is 2. The summed E-state index contributed by atoms with van der Waals surface area (Å²) in [5.41, 5.74) is 0. The fourth-order valence-electron chi connectivity index (χ4n) is 2.59. The third kappa shape index (κ3) is 12.0. The van der Waals surface area contributed by atoms with E-state index in [1.54, 1.807) is 7.11 Å². The summed E-state index contributed by atoms with van der Waals surface area (Å²) in [5.74, 6) is 1.75. The Morgan fingerprint density at radius 3 is 2.48 bits per heavy atom. The quantitative estimate of drug-likeness (QED) is 0.233. The monoisotopic (exact) mass is 442 g/mol. The Morgan fingerprint density at radius 1 is 1.13 bits per heavy atom. The van der Waals surface area contributed by atoms with Gasteiger partial charge in [-0.3, -0.25) is 4.99 Å². The van der Waals surface area contributed by atoms with Crippen molar-refractivity contribution in [2.45, 2.75) is 25.7 Å². The van der Waals surface area contributed by atoms with Gasteiger partial charge >= 0.3 is 0 Å². The van der Waals surface area contributed by atoms with E-state index in [9.17, 15) is 0 Å². The molecule has 7 heteroatoms. The van der Waals surface area contributed by atoms with Crippen LogP contribution in [0.2, 0.25) is 0 Å². The molecule has 1 heterocycles. The summed E-state index contributed by atoms with van der Waals surface area (Å²) in [4.78, 5) is 6.67. The van der Waals surface area contributed by atoms with Crippen LogP contribution >= 0.6 is 24.0 Å². The van der Waals surface area contributed by atoms with Crippen molar-refractivity contribution in [3.63, 3.8) is 0 Å². The van der Waals surface area contributed by atoms with Crippen LogP contribution < -0.4 is 10.6 Å². The van der Waals surface area contributed by atoms with Gasteiger partial charge in [-0.05, 0) is 51.7 Å². The summed E-state index contributed by atoms with van der Waals surface area (Å²) in [6.07, 6.45) is 4.85. The van der Waals surface area contributed by atoms with Crippen LogP contribution in [0.15, 0.2) is 4.99 Å². The smallest absolute Gasteiger partial charge is 0.190 e. The lowest BCUT2D eigenvalue weighted by Crippen LogP contribution is -2.39. The molecule has 6 nitrogen and oxygen atoms in total. The van der Waals surface area contributed by atoms with E-state index in [-0.39, 0.29) is 24.0 Å². The summed E-state index contributed by atoms with van der Waals surface area (Å²) < 4.78 is 10.4. The van der Waals surface area contributed by atoms with Crippen LogP contribution in [0.4, 0.5) is 0 Å². The highest BCUT2D eigenvalue weighted by Gasteiger charge is 2.16. The maximum Gasteiger partial charge on any atom is 0.190 e. The average molecular weight is 442 g/mol. The molecular weight excluding hydrogens is 407 g/mol. The van der Waals surface area contributed by atoms with Gasteiger partial charge in [-0.25, -0.2) is 0 Å². The molecule has 2 N–H and O–H groups in total. The van der Waals surface area contributed by atoms with E-state index in [1.807, 2.05) is 7.05 Å². The molecule has 1 aliphatic heterocycles. The minimum absolute atomic E-state index is 0. The number of hydrogen-bond acceptors (Lipinski definition) is 4. The second kappa shape index (κ2) is 15.4. The summed E-state index contributed by atoms with van der Waals surface area (Å²) in [7, 11) is 5.71. The first kappa shape index (κ1) is 22.9. The first-order valence-corrected chi connectivity index (χ1v) is 8.46. The van der Waals surface area contributed by atoms with E-state index >= 15 is 0 Å². The zero-order valence-corrected chi connectivity index (χ0v) is 17.3. The Labute approximate surface area is 158 Å². The maximum atomic E-state index is 5.43. The average Bonchev–Trinajstić information content (AvgIpc) is 2.54. The highest BCUT2D eigenvalue weighted by molar-refractivity contribution is 14.0. The number of nitrogens with one attached hydrogen (secondary N) is 2. The normalized spacial score (nSPS) is 16.9. The van der Waals surface area contributed by atoms with Crippen LogP contribution in [0.25, 0.3) is 0 Å². The van der Waals surface area contributed by atoms with Crippen molar-refractivity contribution in [3.8, 4) is 0 Å². The van der Waals surface area contributed by atoms with Gasteiger partial charge in [0.2, 0.25) is 0 Å². The van der Waals surface area contributed by atoms with Gasteiger partial charge in [0, 0.05) is 33.9 Å². The summed E-state index contributed by atoms with van der Waals surface area (Å²) in [5, 5.41) is 6.73. The van der Waals surface area contributed by atoms with Crippen molar-refractivity contribution in [2.75, 3.05) is 67.2 Å². The van der Waals surface area contributed by atoms with E-state index in [2.05, 4.69) is 27.6 Å². The number of aliphatic imine (C=N–C) groups is 1. The minimum Gasteiger partial charge on any atom is -0.382 e. The highest BCUT2D eigenvalue weighted by atomic mass is 127. The number of nitrogens with zero attached hydrogens (tertiary/aromatic N) is 2. The van der Waals surface area contributed by atoms with E-state index in [0.717, 1.165) is 38.0 Å². The van der Waals surface area contributed by atoms with E-state index in [0.29, 0.717) is 13.2 Å². The highest BCUT2D eigenvalue weighted by Crippen LogP contribution is 2.18. The van der Waals surface area contributed by atoms with Crippen molar-refractivity contribution in [3.05, 3.63) is 0 Å². The van der Waals surface area contributed by atoms with Gasteiger partial charge in [0.15, 0.2) is 5.96 Å². The standard InChI is InChI=1S/C16H34N4O2.HI/c1-17-16(18-8-4-12-22-14-13-21-3)19-9-5-15-6-10-20(2)11-7-15;/h15H,4-14H2,1-3H3,(H2,17,18,19);1H. The molecule has 0 radical (unpaired) electrons. The van der Waals surface area contributed by atoms with Gasteiger partial charge in [-0.1, -0.05) is 0 Å². The Kier molecular flexibility index (Phi) is 15.3. The molecule has 0 saturated carbocycles. The lowest BCUT2D eigenvalue weighted by Gasteiger charge is -2.29. The maximum absolute atomic E-state index is 5.43. The van der Waals surface area contributed by atoms with Gasteiger partial charge in [0.1, 0.15) is 0 Å². The second-order valence-electron chi connectivity index (χ2n) is 5.92. The molecule has 138 valence electrons. The molecule has 0 aromatic heterocycles. The van der Waals surface area contributed by atoms with Crippen molar-refractivity contribution in [1.29, 1.82) is 0 Å². The van der Waals surface area contributed by atoms with Crippen LogP contribution in [-0.4, -0.2) is 78.1 Å². The third-order valence-corrected chi connectivity index (χ3v) is 4.10. The first-order valence-electron chi connectivity index (χ1n) is 8.46. The van der Waals surface area contributed by atoms with Gasteiger partial charge < -0.3 is 25.0 Å². The number of piperidine rings is 1. The van der Waals surface area contributed by atoms with Crippen LogP contribution in [0.5, 0.6) is 0 Å². The van der Waals surface area contributed by atoms with Gasteiger partial charge in [-0.15, -0.1) is 24.0 Å². The molecule has 0 spiro atoms. The number of likely N-dealkylation sites (tertiary alicyclic amines) is 1. The van der Waals surface area contributed by atoms with Gasteiger partial charge in [-0.2, -0.15) is 0 Å². The predicted molar refractivity (Wildman–Crippen MR) is 107 cm³/mol. The largest absolute Gasteiger partial charge is 0.382 e. The molecule has 1 saturated heterocycles. The SMILES string of the molecule is CN=C(NCCCOCCOC)NCCC1CCN(C)CC1.I. The Bertz CT molecular complexity index is 298. The molecule has 1 aliphatic rings. The number of rotatable bonds is 10. The van der Waals surface area contributed by atoms with Crippen molar-refractivity contribution in [2.24, 2.45) is 10.9 Å². The molecule has 0 atom stereocenters. The lowest BCUT2D eigenvalue weighted by molar-refractivity contribution is 0.0698. The molecular formula is C16H35IN4O2. The predicted octanol–water partition coefficient (Wildman–Crippen LogP) is 1.55. The Balaban J connectivity index is 0.00000484. The zero-order valence-electron chi connectivity index (χ0n) is 15.0. The van der Waals surface area contributed by atoms with E-state index in [1.165, 1.54) is 32.4 Å². The van der Waals surface area contributed by atoms with Crippen LogP contribution in [0.3, 0.4) is 0 Å². The topological polar surface area (TPSA) is 58.1 Å². The third-order valence-electron chi connectivity index (χ3n) is 4.10. The molecule has 0 aromatic carbocycles. The fourth-order valence-corrected chi connectivity index (χ4v) is 2.59. The molecule has 0 aromatic rings. The summed E-state index contributed by atoms with van der Waals surface area (Å²) in [6, 6.07) is 0. The van der Waals surface area contributed by atoms with Crippen LogP contribution in [0.1, 0.15) is 25.7 Å². The molecule has 0 amide bonds. The molecule has 1 fully saturated rings. The molecule has 0 aliphatic carbocycles. The van der Waals surface area contributed by atoms with Crippen molar-refractivity contribution in [1.82, 2.24) is 15.5 Å². The molecule has 1 rings (SSSR count). The Hall–Kier alpha value is -0.120. The van der Waals surface area contributed by atoms with Crippen LogP contribution in [-0.2, 0) is 9.47 Å². The Morgan fingerprint density at radius 2 is 1.83 bits per heavy atom. The van der Waals surface area contributed by atoms with Gasteiger partial charge in [0.25, 0.3) is 0 Å². The van der Waals surface area contributed by atoms with Crippen LogP contribution in [0, 0.1) is 5.92 Å². The number of hydrogen-bond donors (Lipinski definition) is 2. The number of methoxy groups -OCH3 is 1. The molecule has 0 unspecified atom stereocenters. The number of halogens is 1.